The van der Waals surface area contributed by atoms with Crippen LogP contribution in [0.3, 0.4) is 0 Å². The van der Waals surface area contributed by atoms with E-state index in [0.29, 0.717) is 12.5 Å². The Morgan fingerprint density at radius 2 is 2.16 bits per heavy atom. The van der Waals surface area contributed by atoms with E-state index in [1.165, 1.54) is 0 Å². The molecule has 0 spiro atoms. The van der Waals surface area contributed by atoms with Crippen molar-refractivity contribution < 1.29 is 14.3 Å². The fraction of sp³-hybridized carbons (Fsp3) is 0.933. The summed E-state index contributed by atoms with van der Waals surface area (Å²) in [7, 11) is 0. The van der Waals surface area contributed by atoms with Crippen molar-refractivity contribution in [3.63, 3.8) is 0 Å². The van der Waals surface area contributed by atoms with Crippen molar-refractivity contribution >= 4 is 5.97 Å². The number of hydrogen-bond donors (Lipinski definition) is 1. The van der Waals surface area contributed by atoms with Crippen LogP contribution in [-0.4, -0.2) is 37.4 Å². The maximum atomic E-state index is 12.2. The van der Waals surface area contributed by atoms with Crippen LogP contribution >= 0.6 is 0 Å². The van der Waals surface area contributed by atoms with Crippen LogP contribution in [0.5, 0.6) is 0 Å². The Balaban J connectivity index is 2.59. The highest BCUT2D eigenvalue weighted by molar-refractivity contribution is 5.81. The smallest absolute Gasteiger partial charge is 0.326 e. The fourth-order valence-electron chi connectivity index (χ4n) is 2.52. The molecule has 0 saturated heterocycles. The third-order valence-corrected chi connectivity index (χ3v) is 3.51. The van der Waals surface area contributed by atoms with Crippen LogP contribution in [0, 0.1) is 5.92 Å². The minimum absolute atomic E-state index is 0.112. The van der Waals surface area contributed by atoms with Crippen molar-refractivity contribution in [2.45, 2.75) is 65.0 Å². The van der Waals surface area contributed by atoms with E-state index in [2.05, 4.69) is 26.1 Å². The predicted molar refractivity (Wildman–Crippen MR) is 76.1 cm³/mol. The molecule has 0 amide bonds. The first-order valence-electron chi connectivity index (χ1n) is 7.58. The molecule has 4 nitrogen and oxygen atoms in total. The number of ether oxygens (including phenoxy) is 2. The van der Waals surface area contributed by atoms with Crippen LogP contribution in [0.15, 0.2) is 0 Å². The molecule has 0 aliphatic heterocycles. The largest absolute Gasteiger partial charge is 0.465 e. The Kier molecular flexibility index (Phi) is 6.80. The summed E-state index contributed by atoms with van der Waals surface area (Å²) in [5, 5.41) is 3.39. The van der Waals surface area contributed by atoms with Crippen LogP contribution in [-0.2, 0) is 14.3 Å². The normalized spacial score (nSPS) is 26.9. The van der Waals surface area contributed by atoms with Gasteiger partial charge in [0.2, 0.25) is 0 Å². The molecule has 0 aromatic rings. The summed E-state index contributed by atoms with van der Waals surface area (Å²) < 4.78 is 11.1. The number of carbonyl (C=O) groups excluding carboxylic acids is 1. The van der Waals surface area contributed by atoms with E-state index in [1.54, 1.807) is 0 Å². The van der Waals surface area contributed by atoms with E-state index in [-0.39, 0.29) is 12.1 Å². The maximum absolute atomic E-state index is 12.2. The van der Waals surface area contributed by atoms with E-state index < -0.39 is 5.54 Å². The predicted octanol–water partition coefficient (Wildman–Crippen LogP) is 2.51. The average Bonchev–Trinajstić information content (AvgIpc) is 2.79. The molecule has 0 bridgehead atoms. The summed E-state index contributed by atoms with van der Waals surface area (Å²) in [6.07, 6.45) is 3.67. The van der Waals surface area contributed by atoms with Crippen molar-refractivity contribution in [3.8, 4) is 0 Å². The van der Waals surface area contributed by atoms with Crippen LogP contribution in [0.4, 0.5) is 0 Å². The van der Waals surface area contributed by atoms with E-state index in [0.717, 1.165) is 38.8 Å². The lowest BCUT2D eigenvalue weighted by Crippen LogP contribution is -2.51. The zero-order valence-corrected chi connectivity index (χ0v) is 12.8. The van der Waals surface area contributed by atoms with Gasteiger partial charge in [-0.05, 0) is 38.6 Å². The molecule has 112 valence electrons. The molecule has 1 aliphatic rings. The lowest BCUT2D eigenvalue weighted by Gasteiger charge is -2.28. The monoisotopic (exact) mass is 271 g/mol. The standard InChI is InChI=1S/C15H29NO3/c1-5-9-16-15(14(17)18-6-2)8-7-13(10-15)19-11-12(3)4/h12-13,16H,5-11H2,1-4H3. The van der Waals surface area contributed by atoms with Gasteiger partial charge in [0.15, 0.2) is 0 Å². The lowest BCUT2D eigenvalue weighted by molar-refractivity contribution is -0.151. The van der Waals surface area contributed by atoms with Gasteiger partial charge in [0, 0.05) is 13.0 Å². The van der Waals surface area contributed by atoms with Crippen molar-refractivity contribution in [3.05, 3.63) is 0 Å². The minimum atomic E-state index is -0.520. The van der Waals surface area contributed by atoms with E-state index in [1.807, 2.05) is 6.92 Å². The summed E-state index contributed by atoms with van der Waals surface area (Å²) in [6.45, 7) is 10.3. The van der Waals surface area contributed by atoms with Crippen molar-refractivity contribution in [2.24, 2.45) is 5.92 Å². The number of nitrogens with one attached hydrogen (secondary N) is 1. The van der Waals surface area contributed by atoms with Crippen molar-refractivity contribution in [1.29, 1.82) is 0 Å². The Morgan fingerprint density at radius 1 is 1.42 bits per heavy atom. The van der Waals surface area contributed by atoms with Gasteiger partial charge >= 0.3 is 5.97 Å². The summed E-state index contributed by atoms with van der Waals surface area (Å²) >= 11 is 0. The average molecular weight is 271 g/mol. The highest BCUT2D eigenvalue weighted by Crippen LogP contribution is 2.33. The van der Waals surface area contributed by atoms with Gasteiger partial charge in [-0.1, -0.05) is 20.8 Å². The molecule has 1 fully saturated rings. The van der Waals surface area contributed by atoms with Crippen molar-refractivity contribution in [1.82, 2.24) is 5.32 Å². The van der Waals surface area contributed by atoms with Crippen LogP contribution in [0.25, 0.3) is 0 Å². The second-order valence-corrected chi connectivity index (χ2v) is 5.82. The number of hydrogen-bond acceptors (Lipinski definition) is 4. The third kappa shape index (κ3) is 4.77. The van der Waals surface area contributed by atoms with E-state index >= 15 is 0 Å². The summed E-state index contributed by atoms with van der Waals surface area (Å²) in [5.41, 5.74) is -0.520. The molecule has 1 rings (SSSR count). The zero-order chi connectivity index (χ0) is 14.3. The third-order valence-electron chi connectivity index (χ3n) is 3.51. The quantitative estimate of drug-likeness (QED) is 0.689. The first-order valence-corrected chi connectivity index (χ1v) is 7.58. The maximum Gasteiger partial charge on any atom is 0.326 e. The first kappa shape index (κ1) is 16.4. The second kappa shape index (κ2) is 7.85. The molecule has 2 unspecified atom stereocenters. The van der Waals surface area contributed by atoms with Gasteiger partial charge in [0.05, 0.1) is 12.7 Å². The highest BCUT2D eigenvalue weighted by atomic mass is 16.5. The lowest BCUT2D eigenvalue weighted by atomic mass is 9.97. The molecular weight excluding hydrogens is 242 g/mol. The number of esters is 1. The van der Waals surface area contributed by atoms with Crippen LogP contribution < -0.4 is 5.32 Å². The van der Waals surface area contributed by atoms with Gasteiger partial charge in [0.25, 0.3) is 0 Å². The molecule has 1 aliphatic carbocycles. The topological polar surface area (TPSA) is 47.6 Å². The molecule has 19 heavy (non-hydrogen) atoms. The molecule has 0 aromatic heterocycles. The Labute approximate surface area is 117 Å². The summed E-state index contributed by atoms with van der Waals surface area (Å²) in [4.78, 5) is 12.2. The minimum Gasteiger partial charge on any atom is -0.465 e. The van der Waals surface area contributed by atoms with Gasteiger partial charge in [-0.2, -0.15) is 0 Å². The Hall–Kier alpha value is -0.610. The van der Waals surface area contributed by atoms with Crippen molar-refractivity contribution in [2.75, 3.05) is 19.8 Å². The van der Waals surface area contributed by atoms with E-state index in [9.17, 15) is 4.79 Å². The first-order chi connectivity index (χ1) is 9.04. The Bertz CT molecular complexity index is 281. The zero-order valence-electron chi connectivity index (χ0n) is 12.8. The molecule has 0 aromatic carbocycles. The van der Waals surface area contributed by atoms with Gasteiger partial charge in [-0.3, -0.25) is 4.79 Å². The SMILES string of the molecule is CCCNC1(C(=O)OCC)CCC(OCC(C)C)C1. The summed E-state index contributed by atoms with van der Waals surface area (Å²) in [6, 6.07) is 0. The van der Waals surface area contributed by atoms with Gasteiger partial charge < -0.3 is 14.8 Å². The molecule has 0 radical (unpaired) electrons. The number of rotatable bonds is 8. The van der Waals surface area contributed by atoms with Gasteiger partial charge in [-0.15, -0.1) is 0 Å². The molecule has 1 saturated carbocycles. The summed E-state index contributed by atoms with van der Waals surface area (Å²) in [5.74, 6) is 0.417. The molecule has 0 heterocycles. The van der Waals surface area contributed by atoms with Crippen LogP contribution in [0.2, 0.25) is 0 Å². The molecule has 1 N–H and O–H groups in total. The second-order valence-electron chi connectivity index (χ2n) is 5.82. The molecular formula is C15H29NO3. The number of carbonyl (C=O) groups is 1. The van der Waals surface area contributed by atoms with Gasteiger partial charge in [0.1, 0.15) is 5.54 Å². The Morgan fingerprint density at radius 3 is 2.74 bits per heavy atom. The van der Waals surface area contributed by atoms with E-state index in [4.69, 9.17) is 9.47 Å². The van der Waals surface area contributed by atoms with Gasteiger partial charge in [-0.25, -0.2) is 0 Å². The fourth-order valence-corrected chi connectivity index (χ4v) is 2.52. The van der Waals surface area contributed by atoms with Crippen LogP contribution in [0.1, 0.15) is 53.4 Å². The molecule has 4 heteroatoms. The highest BCUT2D eigenvalue weighted by Gasteiger charge is 2.46. The molecule has 2 atom stereocenters.